The van der Waals surface area contributed by atoms with Gasteiger partial charge in [-0.15, -0.1) is 10.2 Å². The van der Waals surface area contributed by atoms with Crippen molar-refractivity contribution in [2.75, 3.05) is 12.4 Å². The third-order valence-electron chi connectivity index (χ3n) is 5.29. The van der Waals surface area contributed by atoms with E-state index in [4.69, 9.17) is 37.1 Å². The quantitative estimate of drug-likeness (QED) is 0.133. The number of ether oxygens (including phenoxy) is 2. The number of hydrogen-bond donors (Lipinski definition) is 1. The second kappa shape index (κ2) is 12.9. The Hall–Kier alpha value is -3.47. The van der Waals surface area contributed by atoms with Crippen molar-refractivity contribution in [3.8, 4) is 17.2 Å². The van der Waals surface area contributed by atoms with Gasteiger partial charge < -0.3 is 18.5 Å². The zero-order chi connectivity index (χ0) is 27.1. The van der Waals surface area contributed by atoms with Gasteiger partial charge >= 0.3 is 0 Å². The lowest BCUT2D eigenvalue weighted by atomic mass is 10.2. The third-order valence-corrected chi connectivity index (χ3v) is 6.64. The number of halogens is 2. The summed E-state index contributed by atoms with van der Waals surface area (Å²) < 4.78 is 18.7. The molecule has 0 fully saturated rings. The van der Waals surface area contributed by atoms with Crippen LogP contribution in [-0.4, -0.2) is 39.2 Å². The molecule has 38 heavy (non-hydrogen) atoms. The molecule has 12 heteroatoms. The molecule has 0 radical (unpaired) electrons. The third kappa shape index (κ3) is 7.09. The molecule has 1 N–H and O–H groups in total. The first kappa shape index (κ1) is 27.6. The normalized spacial score (nSPS) is 11.2. The van der Waals surface area contributed by atoms with Crippen LogP contribution in [0.1, 0.15) is 29.8 Å². The summed E-state index contributed by atoms with van der Waals surface area (Å²) in [6.07, 6.45) is 1.62. The molecule has 0 aliphatic carbocycles. The number of aromatic nitrogens is 3. The molecule has 0 saturated heterocycles. The van der Waals surface area contributed by atoms with Crippen molar-refractivity contribution in [3.63, 3.8) is 0 Å². The summed E-state index contributed by atoms with van der Waals surface area (Å²) in [4.78, 5) is 12.3. The number of carbonyl (C=O) groups excluding carboxylic acids is 1. The average Bonchev–Trinajstić information content (AvgIpc) is 3.46. The molecular weight excluding hydrogens is 549 g/mol. The molecular formula is C26H25Cl2N5O4S. The van der Waals surface area contributed by atoms with E-state index in [-0.39, 0.29) is 29.4 Å². The lowest BCUT2D eigenvalue weighted by Crippen LogP contribution is -2.19. The molecule has 0 unspecified atom stereocenters. The number of benzene rings is 2. The topological polar surface area (TPSA) is 104 Å². The Kier molecular flexibility index (Phi) is 9.33. The zero-order valence-corrected chi connectivity index (χ0v) is 23.2. The maximum absolute atomic E-state index is 12.3. The number of hydrazone groups is 1. The van der Waals surface area contributed by atoms with Gasteiger partial charge in [0.2, 0.25) is 0 Å². The van der Waals surface area contributed by atoms with E-state index in [2.05, 4.69) is 25.3 Å². The molecule has 9 nitrogen and oxygen atoms in total. The van der Waals surface area contributed by atoms with Crippen LogP contribution in [0, 0.1) is 13.8 Å². The number of amides is 1. The second-order valence-electron chi connectivity index (χ2n) is 8.00. The Morgan fingerprint density at radius 3 is 2.66 bits per heavy atom. The van der Waals surface area contributed by atoms with E-state index in [1.165, 1.54) is 0 Å². The Morgan fingerprint density at radius 2 is 1.92 bits per heavy atom. The van der Waals surface area contributed by atoms with Gasteiger partial charge in [0.15, 0.2) is 6.61 Å². The van der Waals surface area contributed by atoms with E-state index in [1.54, 1.807) is 24.4 Å². The smallest absolute Gasteiger partial charge is 0.277 e. The van der Waals surface area contributed by atoms with Crippen LogP contribution in [-0.2, 0) is 11.4 Å². The monoisotopic (exact) mass is 573 g/mol. The SMILES string of the molecule is CCOc1ccc(-n2c(C)cc(/C=N\NC(=O)CSc3nnc(COc4ccc(Cl)cc4Cl)o3)c2C)cc1. The molecule has 0 atom stereocenters. The lowest BCUT2D eigenvalue weighted by molar-refractivity contribution is -0.118. The van der Waals surface area contributed by atoms with E-state index in [1.807, 2.05) is 51.1 Å². The Morgan fingerprint density at radius 1 is 1.13 bits per heavy atom. The van der Waals surface area contributed by atoms with Crippen LogP contribution in [0.25, 0.3) is 5.69 Å². The summed E-state index contributed by atoms with van der Waals surface area (Å²) in [7, 11) is 0. The largest absolute Gasteiger partial charge is 0.494 e. The summed E-state index contributed by atoms with van der Waals surface area (Å²) in [6, 6.07) is 14.8. The number of nitrogens with zero attached hydrogens (tertiary/aromatic N) is 4. The van der Waals surface area contributed by atoms with Crippen LogP contribution in [0.3, 0.4) is 0 Å². The highest BCUT2D eigenvalue weighted by molar-refractivity contribution is 7.99. The predicted molar refractivity (Wildman–Crippen MR) is 148 cm³/mol. The van der Waals surface area contributed by atoms with E-state index < -0.39 is 0 Å². The summed E-state index contributed by atoms with van der Waals surface area (Å²) in [6.45, 7) is 6.62. The van der Waals surface area contributed by atoms with Gasteiger partial charge in [-0.25, -0.2) is 5.43 Å². The summed E-state index contributed by atoms with van der Waals surface area (Å²) in [5, 5.41) is 13.1. The highest BCUT2D eigenvalue weighted by atomic mass is 35.5. The highest BCUT2D eigenvalue weighted by Gasteiger charge is 2.12. The maximum atomic E-state index is 12.3. The number of aryl methyl sites for hydroxylation is 1. The van der Waals surface area contributed by atoms with Gasteiger partial charge in [0.25, 0.3) is 17.0 Å². The number of carbonyl (C=O) groups is 1. The Balaban J connectivity index is 1.27. The highest BCUT2D eigenvalue weighted by Crippen LogP contribution is 2.28. The average molecular weight is 574 g/mol. The van der Waals surface area contributed by atoms with Crippen LogP contribution in [0.2, 0.25) is 10.0 Å². The van der Waals surface area contributed by atoms with E-state index >= 15 is 0 Å². The molecule has 4 rings (SSSR count). The number of thioether (sulfide) groups is 1. The molecule has 0 spiro atoms. The molecule has 1 amide bonds. The zero-order valence-electron chi connectivity index (χ0n) is 20.9. The van der Waals surface area contributed by atoms with E-state index in [9.17, 15) is 4.79 Å². The number of hydrogen-bond acceptors (Lipinski definition) is 8. The Labute approximate surface area is 234 Å². The number of rotatable bonds is 11. The molecule has 0 aliphatic rings. The van der Waals surface area contributed by atoms with Crippen molar-refractivity contribution >= 4 is 47.1 Å². The minimum absolute atomic E-state index is 0.0283. The van der Waals surface area contributed by atoms with Crippen LogP contribution < -0.4 is 14.9 Å². The van der Waals surface area contributed by atoms with E-state index in [0.29, 0.717) is 22.4 Å². The minimum Gasteiger partial charge on any atom is -0.494 e. The number of nitrogens with one attached hydrogen (secondary N) is 1. The van der Waals surface area contributed by atoms with Gasteiger partial charge in [-0.2, -0.15) is 5.10 Å². The van der Waals surface area contributed by atoms with Crippen LogP contribution in [0.15, 0.2) is 63.3 Å². The van der Waals surface area contributed by atoms with Gasteiger partial charge in [-0.3, -0.25) is 4.79 Å². The van der Waals surface area contributed by atoms with Crippen LogP contribution in [0.4, 0.5) is 0 Å². The van der Waals surface area contributed by atoms with Crippen LogP contribution in [0.5, 0.6) is 11.5 Å². The molecule has 0 bridgehead atoms. The second-order valence-corrected chi connectivity index (χ2v) is 9.77. The van der Waals surface area contributed by atoms with Gasteiger partial charge in [0.05, 0.1) is 23.6 Å². The van der Waals surface area contributed by atoms with Crippen molar-refractivity contribution in [2.45, 2.75) is 32.6 Å². The summed E-state index contributed by atoms with van der Waals surface area (Å²) in [5.74, 6) is 1.26. The molecule has 2 heterocycles. The fourth-order valence-electron chi connectivity index (χ4n) is 3.59. The van der Waals surface area contributed by atoms with Crippen LogP contribution >= 0.6 is 35.0 Å². The molecule has 2 aromatic heterocycles. The first-order valence-electron chi connectivity index (χ1n) is 11.6. The lowest BCUT2D eigenvalue weighted by Gasteiger charge is -2.10. The molecule has 0 aliphatic heterocycles. The minimum atomic E-state index is -0.310. The van der Waals surface area contributed by atoms with Gasteiger partial charge in [-0.1, -0.05) is 35.0 Å². The van der Waals surface area contributed by atoms with Gasteiger partial charge in [-0.05, 0) is 69.3 Å². The molecule has 0 saturated carbocycles. The molecule has 4 aromatic rings. The predicted octanol–water partition coefficient (Wildman–Crippen LogP) is 6.00. The fraction of sp³-hybridized carbons (Fsp3) is 0.231. The standard InChI is InChI=1S/C26H25Cl2N5O4S/c1-4-35-21-8-6-20(7-9-21)33-16(2)11-18(17(33)3)13-29-30-24(34)15-38-26-32-31-25(37-26)14-36-23-10-5-19(27)12-22(23)28/h5-13H,4,14-15H2,1-3H3,(H,30,34)/b29-13-. The fourth-order valence-corrected chi connectivity index (χ4v) is 4.63. The van der Waals surface area contributed by atoms with Crippen molar-refractivity contribution in [2.24, 2.45) is 5.10 Å². The summed E-state index contributed by atoms with van der Waals surface area (Å²) >= 11 is 13.1. The molecule has 198 valence electrons. The maximum Gasteiger partial charge on any atom is 0.277 e. The van der Waals surface area contributed by atoms with Gasteiger partial charge in [0.1, 0.15) is 11.5 Å². The van der Waals surface area contributed by atoms with Crippen molar-refractivity contribution in [1.29, 1.82) is 0 Å². The molecule has 2 aromatic carbocycles. The first-order valence-corrected chi connectivity index (χ1v) is 13.3. The first-order chi connectivity index (χ1) is 18.3. The van der Waals surface area contributed by atoms with Gasteiger partial charge in [0, 0.05) is 27.7 Å². The van der Waals surface area contributed by atoms with Crippen molar-refractivity contribution < 1.29 is 18.7 Å². The van der Waals surface area contributed by atoms with Crippen molar-refractivity contribution in [1.82, 2.24) is 20.2 Å². The van der Waals surface area contributed by atoms with E-state index in [0.717, 1.165) is 40.2 Å². The van der Waals surface area contributed by atoms with Crippen molar-refractivity contribution in [3.05, 3.63) is 81.4 Å². The summed E-state index contributed by atoms with van der Waals surface area (Å²) in [5.41, 5.74) is 6.48. The Bertz CT molecular complexity index is 1440.